The van der Waals surface area contributed by atoms with E-state index in [2.05, 4.69) is 127 Å². The molecular weight excluding hydrogens is 653 g/mol. The van der Waals surface area contributed by atoms with E-state index in [1.165, 1.54) is 100 Å². The summed E-state index contributed by atoms with van der Waals surface area (Å²) in [7, 11) is 0. The molecule has 0 amide bonds. The van der Waals surface area contributed by atoms with Crippen molar-refractivity contribution in [3.05, 3.63) is 155 Å². The Hall–Kier alpha value is -4.24. The Morgan fingerprint density at radius 3 is 1.69 bits per heavy atom. The molecule has 4 fully saturated rings. The maximum Gasteiger partial charge on any atom is 0.0355 e. The van der Waals surface area contributed by atoms with Crippen LogP contribution in [0.1, 0.15) is 72.3 Å². The van der Waals surface area contributed by atoms with Crippen molar-refractivity contribution in [3.63, 3.8) is 0 Å². The van der Waals surface area contributed by atoms with Gasteiger partial charge in [0.25, 0.3) is 0 Å². The van der Waals surface area contributed by atoms with Crippen molar-refractivity contribution < 1.29 is 0 Å². The van der Waals surface area contributed by atoms with E-state index in [0.29, 0.717) is 5.92 Å². The maximum absolute atomic E-state index is 2.71. The first-order valence-electron chi connectivity index (χ1n) is 19.3. The Bertz CT molecular complexity index is 2540. The average Bonchev–Trinajstić information content (AvgIpc) is 3.82. The van der Waals surface area contributed by atoms with Crippen molar-refractivity contribution in [3.8, 4) is 11.1 Å². The van der Waals surface area contributed by atoms with E-state index in [0.717, 1.165) is 36.5 Å². The van der Waals surface area contributed by atoms with Gasteiger partial charge >= 0.3 is 0 Å². The number of hydrogen-bond donors (Lipinski definition) is 0. The second-order valence-corrected chi connectivity index (χ2v) is 18.6. The zero-order valence-corrected chi connectivity index (χ0v) is 30.4. The molecule has 0 aliphatic heterocycles. The molecule has 2 heteroatoms. The third-order valence-corrected chi connectivity index (χ3v) is 16.3. The second-order valence-electron chi connectivity index (χ2n) is 16.4. The molecule has 51 heavy (non-hydrogen) atoms. The molecule has 13 rings (SSSR count). The zero-order chi connectivity index (χ0) is 33.3. The Morgan fingerprint density at radius 2 is 1.04 bits per heavy atom. The molecule has 0 radical (unpaired) electrons. The fourth-order valence-electron chi connectivity index (χ4n) is 12.1. The monoisotopic (exact) mass is 692 g/mol. The molecule has 5 aliphatic carbocycles. The quantitative estimate of drug-likeness (QED) is 0.168. The molecule has 0 nitrogen and oxygen atoms in total. The van der Waals surface area contributed by atoms with E-state index in [4.69, 9.17) is 0 Å². The molecule has 4 bridgehead atoms. The molecule has 5 aliphatic rings. The molecule has 0 atom stereocenters. The molecule has 6 aromatic carbocycles. The van der Waals surface area contributed by atoms with Crippen LogP contribution >= 0.6 is 22.7 Å². The summed E-state index contributed by atoms with van der Waals surface area (Å²) >= 11 is 3.84. The zero-order valence-electron chi connectivity index (χ0n) is 28.8. The first-order valence-corrected chi connectivity index (χ1v) is 20.9. The van der Waals surface area contributed by atoms with Gasteiger partial charge in [0.15, 0.2) is 0 Å². The fourth-order valence-corrected chi connectivity index (χ4v) is 14.3. The molecule has 1 spiro atoms. The van der Waals surface area contributed by atoms with Crippen LogP contribution in [0.4, 0.5) is 0 Å². The largest absolute Gasteiger partial charge is 0.135 e. The Balaban J connectivity index is 0.972. The summed E-state index contributed by atoms with van der Waals surface area (Å²) in [5.74, 6) is 3.86. The van der Waals surface area contributed by atoms with E-state index >= 15 is 0 Å². The number of fused-ring (bicyclic) bond motifs is 9. The summed E-state index contributed by atoms with van der Waals surface area (Å²) in [6.07, 6.45) is 9.42. The molecule has 2 aromatic heterocycles. The van der Waals surface area contributed by atoms with Gasteiger partial charge in [0.1, 0.15) is 0 Å². The minimum absolute atomic E-state index is 0.227. The lowest BCUT2D eigenvalue weighted by molar-refractivity contribution is -0.0399. The van der Waals surface area contributed by atoms with Gasteiger partial charge in [-0.15, -0.1) is 22.7 Å². The SMILES string of the molecule is c1ccc2c(c1)-c1ccc(CCC(c3ccc4sc5ccccc5c4c3)c3ccc4sc5ccccc5c4c3)cc1C21C2CC3CC(C2)CC1C3. The average molecular weight is 693 g/mol. The molecule has 0 saturated heterocycles. The van der Waals surface area contributed by atoms with Crippen molar-refractivity contribution in [2.45, 2.75) is 56.3 Å². The van der Waals surface area contributed by atoms with E-state index in [1.54, 1.807) is 11.1 Å². The van der Waals surface area contributed by atoms with Crippen molar-refractivity contribution in [1.82, 2.24) is 0 Å². The molecule has 8 aromatic rings. The Labute approximate surface area is 307 Å². The smallest absolute Gasteiger partial charge is 0.0355 e. The van der Waals surface area contributed by atoms with Gasteiger partial charge in [-0.05, 0) is 144 Å². The van der Waals surface area contributed by atoms with Gasteiger partial charge in [-0.1, -0.05) is 91.0 Å². The third kappa shape index (κ3) is 4.18. The predicted molar refractivity (Wildman–Crippen MR) is 219 cm³/mol. The maximum atomic E-state index is 2.71. The molecule has 4 saturated carbocycles. The first-order chi connectivity index (χ1) is 25.2. The predicted octanol–water partition coefficient (Wildman–Crippen LogP) is 13.9. The lowest BCUT2D eigenvalue weighted by Gasteiger charge is -2.61. The van der Waals surface area contributed by atoms with Crippen LogP contribution in [0.15, 0.2) is 127 Å². The van der Waals surface area contributed by atoms with Gasteiger partial charge in [0.05, 0.1) is 0 Å². The summed E-state index contributed by atoms with van der Waals surface area (Å²) in [6.45, 7) is 0. The minimum atomic E-state index is 0.227. The number of benzene rings is 6. The normalized spacial score (nSPS) is 24.5. The fraction of sp³-hybridized carbons (Fsp3) is 0.265. The van der Waals surface area contributed by atoms with Crippen LogP contribution < -0.4 is 0 Å². The third-order valence-electron chi connectivity index (χ3n) is 13.9. The molecule has 2 heterocycles. The molecule has 0 unspecified atom stereocenters. The summed E-state index contributed by atoms with van der Waals surface area (Å²) in [5.41, 5.74) is 11.0. The minimum Gasteiger partial charge on any atom is -0.135 e. The number of hydrogen-bond acceptors (Lipinski definition) is 2. The highest BCUT2D eigenvalue weighted by Gasteiger charge is 2.61. The summed E-state index contributed by atoms with van der Waals surface area (Å²) in [5, 5.41) is 5.58. The van der Waals surface area contributed by atoms with E-state index in [9.17, 15) is 0 Å². The van der Waals surface area contributed by atoms with Gasteiger partial charge in [0.2, 0.25) is 0 Å². The summed E-state index contributed by atoms with van der Waals surface area (Å²) < 4.78 is 5.53. The van der Waals surface area contributed by atoms with Crippen molar-refractivity contribution in [2.24, 2.45) is 23.7 Å². The van der Waals surface area contributed by atoms with E-state index in [-0.39, 0.29) is 5.41 Å². The van der Waals surface area contributed by atoms with Gasteiger partial charge in [0, 0.05) is 51.7 Å². The highest BCUT2D eigenvalue weighted by atomic mass is 32.1. The van der Waals surface area contributed by atoms with Crippen molar-refractivity contribution in [2.75, 3.05) is 0 Å². The van der Waals surface area contributed by atoms with Crippen LogP contribution in [0.3, 0.4) is 0 Å². The van der Waals surface area contributed by atoms with Gasteiger partial charge in [-0.2, -0.15) is 0 Å². The summed E-state index contributed by atoms with van der Waals surface area (Å²) in [4.78, 5) is 0. The highest BCUT2D eigenvalue weighted by molar-refractivity contribution is 7.26. The molecule has 0 N–H and O–H groups in total. The molecular formula is C49H40S2. The standard InChI is InChI=1S/C49H40S2/c1-4-10-43-37(7-1)38-18-14-29(26-44(38)49(43)34-22-30-21-31(24-34)25-35(49)23-30)13-17-36(32-15-19-47-41(27-32)39-8-2-5-11-45(39)50-47)33-16-20-48-42(28-33)40-9-3-6-12-46(40)51-48/h1-12,14-16,18-20,26-28,30-31,34-36H,13,17,21-25H2. The van der Waals surface area contributed by atoms with Crippen LogP contribution in [0.25, 0.3) is 51.5 Å². The lowest BCUT2D eigenvalue weighted by Crippen LogP contribution is -2.55. The Morgan fingerprint density at radius 1 is 0.490 bits per heavy atom. The van der Waals surface area contributed by atoms with Gasteiger partial charge < -0.3 is 0 Å². The highest BCUT2D eigenvalue weighted by Crippen LogP contribution is 2.69. The summed E-state index contributed by atoms with van der Waals surface area (Å²) in [6, 6.07) is 49.8. The second kappa shape index (κ2) is 10.9. The van der Waals surface area contributed by atoms with Crippen molar-refractivity contribution in [1.29, 1.82) is 0 Å². The van der Waals surface area contributed by atoms with Crippen LogP contribution in [-0.4, -0.2) is 0 Å². The first kappa shape index (κ1) is 29.3. The van der Waals surface area contributed by atoms with E-state index in [1.807, 2.05) is 22.7 Å². The topological polar surface area (TPSA) is 0 Å². The van der Waals surface area contributed by atoms with Crippen LogP contribution in [0, 0.1) is 23.7 Å². The lowest BCUT2D eigenvalue weighted by atomic mass is 9.43. The number of aryl methyl sites for hydroxylation is 1. The van der Waals surface area contributed by atoms with Crippen LogP contribution in [0.5, 0.6) is 0 Å². The van der Waals surface area contributed by atoms with Crippen molar-refractivity contribution >= 4 is 63.0 Å². The molecule has 248 valence electrons. The van der Waals surface area contributed by atoms with Crippen LogP contribution in [-0.2, 0) is 11.8 Å². The number of thiophene rings is 2. The Kier molecular flexibility index (Phi) is 6.27. The number of rotatable bonds is 5. The van der Waals surface area contributed by atoms with Crippen LogP contribution in [0.2, 0.25) is 0 Å². The van der Waals surface area contributed by atoms with E-state index < -0.39 is 0 Å². The van der Waals surface area contributed by atoms with Gasteiger partial charge in [-0.3, -0.25) is 0 Å². The van der Waals surface area contributed by atoms with Gasteiger partial charge in [-0.25, -0.2) is 0 Å².